The summed E-state index contributed by atoms with van der Waals surface area (Å²) in [4.78, 5) is 3.72. The van der Waals surface area contributed by atoms with E-state index in [4.69, 9.17) is 5.26 Å². The molecule has 2 nitrogen and oxygen atoms in total. The molecule has 1 heterocycles. The van der Waals surface area contributed by atoms with Crippen LogP contribution in [0, 0.1) is 10.7 Å². The molecule has 1 aromatic rings. The molecule has 0 aliphatic rings. The molecule has 0 amide bonds. The molecule has 0 N–H and O–H groups in total. The highest BCUT2D eigenvalue weighted by atomic mass is 32.2. The minimum absolute atomic E-state index is 0.301. The number of thiazole rings is 1. The Bertz CT molecular complexity index is 172. The van der Waals surface area contributed by atoms with Crippen LogP contribution in [0.25, 0.3) is 0 Å². The van der Waals surface area contributed by atoms with Gasteiger partial charge in [-0.25, -0.2) is 4.98 Å². The number of hydrogen-bond acceptors (Lipinski definition) is 2. The lowest BCUT2D eigenvalue weighted by molar-refractivity contribution is 1.43. The van der Waals surface area contributed by atoms with Crippen molar-refractivity contribution in [2.24, 2.45) is 0 Å². The predicted molar refractivity (Wildman–Crippen MR) is 27.7 cm³/mol. The molecule has 1 unspecified atom stereocenters. The van der Waals surface area contributed by atoms with E-state index in [1.807, 2.05) is 0 Å². The van der Waals surface area contributed by atoms with Crippen molar-refractivity contribution in [2.75, 3.05) is 0 Å². The maximum atomic E-state index is 8.19. The van der Waals surface area contributed by atoms with Gasteiger partial charge in [0, 0.05) is 0 Å². The van der Waals surface area contributed by atoms with Gasteiger partial charge in [0.15, 0.2) is 5.38 Å². The highest BCUT2D eigenvalue weighted by molar-refractivity contribution is 7.34. The molecule has 7 heavy (non-hydrogen) atoms. The SMILES string of the molecule is N#C[s+]1ccnc1. The van der Waals surface area contributed by atoms with Crippen molar-refractivity contribution in [1.29, 1.82) is 5.26 Å². The summed E-state index contributed by atoms with van der Waals surface area (Å²) in [6.45, 7) is 0. The smallest absolute Gasteiger partial charge is 0.207 e. The maximum absolute atomic E-state index is 8.19. The van der Waals surface area contributed by atoms with Crippen molar-refractivity contribution in [3.05, 3.63) is 17.1 Å². The van der Waals surface area contributed by atoms with E-state index >= 15 is 0 Å². The third-order valence-electron chi connectivity index (χ3n) is 0.573. The van der Waals surface area contributed by atoms with Crippen molar-refractivity contribution < 1.29 is 0 Å². The first-order chi connectivity index (χ1) is 3.43. The van der Waals surface area contributed by atoms with E-state index in [1.165, 1.54) is 0 Å². The Morgan fingerprint density at radius 3 is 2.86 bits per heavy atom. The summed E-state index contributed by atoms with van der Waals surface area (Å²) in [7, 11) is -0.301. The molecule has 0 aromatic carbocycles. The average Bonchev–Trinajstić information content (AvgIpc) is 2.14. The average molecular weight is 111 g/mol. The molecule has 1 aromatic heterocycles. The van der Waals surface area contributed by atoms with Gasteiger partial charge in [-0.15, -0.1) is 5.26 Å². The Morgan fingerprint density at radius 1 is 1.71 bits per heavy atom. The Labute approximate surface area is 44.0 Å². The summed E-state index contributed by atoms with van der Waals surface area (Å²) in [5.74, 6) is 0. The van der Waals surface area contributed by atoms with Crippen LogP contribution in [0.4, 0.5) is 0 Å². The number of nitriles is 1. The molecule has 0 saturated heterocycles. The molecule has 0 spiro atoms. The van der Waals surface area contributed by atoms with E-state index < -0.39 is 0 Å². The van der Waals surface area contributed by atoms with Gasteiger partial charge in [0.1, 0.15) is 10.5 Å². The van der Waals surface area contributed by atoms with Crippen LogP contribution < -0.4 is 0 Å². The van der Waals surface area contributed by atoms with Crippen LogP contribution in [0.3, 0.4) is 0 Å². The first kappa shape index (κ1) is 4.28. The maximum Gasteiger partial charge on any atom is 0.351 e. The fourth-order valence-electron chi connectivity index (χ4n) is 0.291. The molecule has 1 atom stereocenters. The first-order valence-corrected chi connectivity index (χ1v) is 3.10. The standard InChI is InChI=1S/C4H3N2S/c5-3-7-2-1-6-4-7/h1-2,4H/q+1. The lowest BCUT2D eigenvalue weighted by Crippen LogP contribution is -1.41. The van der Waals surface area contributed by atoms with Gasteiger partial charge in [-0.1, -0.05) is 0 Å². The quantitative estimate of drug-likeness (QED) is 0.471. The molecule has 3 heteroatoms. The fourth-order valence-corrected chi connectivity index (χ4v) is 0.872. The molecule has 0 bridgehead atoms. The van der Waals surface area contributed by atoms with Gasteiger partial charge in [0.25, 0.3) is 0 Å². The topological polar surface area (TPSA) is 36.7 Å². The zero-order valence-corrected chi connectivity index (χ0v) is 4.35. The van der Waals surface area contributed by atoms with Crippen LogP contribution in [0.1, 0.15) is 0 Å². The molecular formula is C4H3N2S+. The highest BCUT2D eigenvalue weighted by Crippen LogP contribution is 2.08. The summed E-state index contributed by atoms with van der Waals surface area (Å²) >= 11 is 0. The summed E-state index contributed by atoms with van der Waals surface area (Å²) in [5, 5.41) is 12.0. The Morgan fingerprint density at radius 2 is 2.57 bits per heavy atom. The van der Waals surface area contributed by atoms with Crippen molar-refractivity contribution in [3.63, 3.8) is 0 Å². The van der Waals surface area contributed by atoms with Crippen LogP contribution in [0.2, 0.25) is 0 Å². The van der Waals surface area contributed by atoms with E-state index in [0.717, 1.165) is 0 Å². The third kappa shape index (κ3) is 0.756. The minimum atomic E-state index is -0.301. The Balaban J connectivity index is 3.04. The van der Waals surface area contributed by atoms with Crippen LogP contribution in [0.15, 0.2) is 17.1 Å². The zero-order valence-electron chi connectivity index (χ0n) is 3.53. The predicted octanol–water partition coefficient (Wildman–Crippen LogP) is 1.16. The second-order valence-electron chi connectivity index (χ2n) is 1.00. The monoisotopic (exact) mass is 111 g/mol. The molecule has 0 radical (unpaired) electrons. The van der Waals surface area contributed by atoms with Gasteiger partial charge in [-0.05, 0) is 0 Å². The number of nitrogens with zero attached hydrogens (tertiary/aromatic N) is 2. The normalized spacial score (nSPS) is 10.4. The first-order valence-electron chi connectivity index (χ1n) is 1.75. The van der Waals surface area contributed by atoms with Crippen LogP contribution in [0.5, 0.6) is 0 Å². The van der Waals surface area contributed by atoms with Gasteiger partial charge < -0.3 is 0 Å². The number of rotatable bonds is 0. The molecule has 34 valence electrons. The van der Waals surface area contributed by atoms with Crippen LogP contribution >= 0.6 is 10.5 Å². The summed E-state index contributed by atoms with van der Waals surface area (Å²) in [6, 6.07) is 0. The number of hydrogen-bond donors (Lipinski definition) is 0. The van der Waals surface area contributed by atoms with E-state index in [1.54, 1.807) is 17.1 Å². The van der Waals surface area contributed by atoms with Crippen molar-refractivity contribution in [2.45, 2.75) is 0 Å². The van der Waals surface area contributed by atoms with Crippen molar-refractivity contribution in [1.82, 2.24) is 4.98 Å². The lowest BCUT2D eigenvalue weighted by atomic mass is 11.0. The second kappa shape index (κ2) is 1.71. The minimum Gasteiger partial charge on any atom is -0.207 e. The van der Waals surface area contributed by atoms with Crippen molar-refractivity contribution in [3.8, 4) is 5.40 Å². The molecule has 0 aliphatic carbocycles. The van der Waals surface area contributed by atoms with Gasteiger partial charge in [-0.2, -0.15) is 0 Å². The summed E-state index contributed by atoms with van der Waals surface area (Å²) in [5.41, 5.74) is 1.64. The van der Waals surface area contributed by atoms with E-state index in [-0.39, 0.29) is 10.5 Å². The van der Waals surface area contributed by atoms with Gasteiger partial charge in [0.05, 0.1) is 6.20 Å². The van der Waals surface area contributed by atoms with Crippen LogP contribution in [-0.2, 0) is 0 Å². The van der Waals surface area contributed by atoms with Crippen molar-refractivity contribution >= 4 is 10.5 Å². The molecule has 0 fully saturated rings. The third-order valence-corrected chi connectivity index (χ3v) is 1.55. The van der Waals surface area contributed by atoms with Crippen LogP contribution in [-0.4, -0.2) is 4.98 Å². The molecular weight excluding hydrogens is 108 g/mol. The van der Waals surface area contributed by atoms with E-state index in [2.05, 4.69) is 10.4 Å². The molecule has 1 rings (SSSR count). The van der Waals surface area contributed by atoms with Gasteiger partial charge in [-0.3, -0.25) is 0 Å². The lowest BCUT2D eigenvalue weighted by Gasteiger charge is -1.48. The van der Waals surface area contributed by atoms with E-state index in [9.17, 15) is 0 Å². The van der Waals surface area contributed by atoms with Gasteiger partial charge in [0.2, 0.25) is 5.51 Å². The highest BCUT2D eigenvalue weighted by Gasteiger charge is 1.95. The largest absolute Gasteiger partial charge is 0.351 e. The van der Waals surface area contributed by atoms with E-state index in [0.29, 0.717) is 0 Å². The summed E-state index contributed by atoms with van der Waals surface area (Å²) in [6.07, 6.45) is 1.65. The Kier molecular flexibility index (Phi) is 1.05. The van der Waals surface area contributed by atoms with Gasteiger partial charge >= 0.3 is 5.40 Å². The molecule has 0 aliphatic heterocycles. The zero-order chi connectivity index (χ0) is 5.11. The second-order valence-corrected chi connectivity index (χ2v) is 2.41. The fraction of sp³-hybridized carbons (Fsp3) is 0. The summed E-state index contributed by atoms with van der Waals surface area (Å²) < 4.78 is 0. The molecule has 0 saturated carbocycles. The number of aromatic nitrogens is 1. The Hall–Kier alpha value is -0.880.